The van der Waals surface area contributed by atoms with Crippen LogP contribution in [-0.2, 0) is 0 Å². The van der Waals surface area contributed by atoms with Crippen molar-refractivity contribution in [3.05, 3.63) is 125 Å². The van der Waals surface area contributed by atoms with Gasteiger partial charge in [-0.15, -0.1) is 11.3 Å². The van der Waals surface area contributed by atoms with E-state index in [0.29, 0.717) is 17.8 Å². The molecule has 0 unspecified atom stereocenters. The zero-order chi connectivity index (χ0) is 37.3. The molecule has 0 aliphatic heterocycles. The Hall–Kier alpha value is -3.88. The standard InChI is InChI=1S/C54H61NS/c1-5-15-38(16-6-1)40-25-29-45(30-26-40)55(47-33-34-49-48-23-13-14-24-52(48)56-53(49)37-47)46-31-27-43(28-32-46)54-50(41-19-9-3-10-20-41)35-44(39-17-7-2-8-18-39)36-51(54)42-21-11-4-12-22-42/h13-14,23-39,41-42H,1-12,15-22H2. The topological polar surface area (TPSA) is 3.24 Å². The third-order valence-corrected chi connectivity index (χ3v) is 15.8. The van der Waals surface area contributed by atoms with Crippen molar-refractivity contribution in [3.8, 4) is 11.1 Å². The van der Waals surface area contributed by atoms with Crippen LogP contribution in [-0.4, -0.2) is 0 Å². The first-order chi connectivity index (χ1) is 27.8. The maximum atomic E-state index is 2.75. The van der Waals surface area contributed by atoms with Gasteiger partial charge < -0.3 is 4.90 Å². The van der Waals surface area contributed by atoms with E-state index >= 15 is 0 Å². The maximum absolute atomic E-state index is 2.75. The molecule has 0 radical (unpaired) electrons. The number of anilines is 3. The highest BCUT2D eigenvalue weighted by Gasteiger charge is 2.29. The predicted octanol–water partition coefficient (Wildman–Crippen LogP) is 17.4. The van der Waals surface area contributed by atoms with E-state index in [2.05, 4.69) is 108 Å². The Morgan fingerprint density at radius 2 is 0.839 bits per heavy atom. The summed E-state index contributed by atoms with van der Waals surface area (Å²) in [4.78, 5) is 2.52. The first kappa shape index (κ1) is 36.5. The van der Waals surface area contributed by atoms with Gasteiger partial charge in [0.2, 0.25) is 0 Å². The maximum Gasteiger partial charge on any atom is 0.0476 e. The highest BCUT2D eigenvalue weighted by Crippen LogP contribution is 2.49. The summed E-state index contributed by atoms with van der Waals surface area (Å²) in [6.07, 6.45) is 27.6. The van der Waals surface area contributed by atoms with Crippen LogP contribution in [0.25, 0.3) is 31.3 Å². The molecule has 0 atom stereocenters. The molecule has 0 spiro atoms. The minimum Gasteiger partial charge on any atom is -0.310 e. The second-order valence-corrected chi connectivity index (χ2v) is 19.3. The molecule has 6 aromatic rings. The average molecular weight is 756 g/mol. The summed E-state index contributed by atoms with van der Waals surface area (Å²) >= 11 is 1.92. The fraction of sp³-hybridized carbons (Fsp3) is 0.444. The number of rotatable bonds is 8. The molecule has 1 aromatic heterocycles. The lowest BCUT2D eigenvalue weighted by Crippen LogP contribution is -2.14. The fourth-order valence-corrected chi connectivity index (χ4v) is 12.7. The Morgan fingerprint density at radius 1 is 0.375 bits per heavy atom. The van der Waals surface area contributed by atoms with Gasteiger partial charge in [0, 0.05) is 37.2 Å². The number of benzene rings is 5. The molecule has 1 nitrogen and oxygen atoms in total. The fourth-order valence-electron chi connectivity index (χ4n) is 11.6. The van der Waals surface area contributed by atoms with Gasteiger partial charge in [-0.3, -0.25) is 0 Å². The minimum absolute atomic E-state index is 0.691. The van der Waals surface area contributed by atoms with E-state index < -0.39 is 0 Å². The minimum atomic E-state index is 0.691. The molecule has 4 aliphatic carbocycles. The normalized spacial score (nSPS) is 19.5. The van der Waals surface area contributed by atoms with Crippen LogP contribution in [0.5, 0.6) is 0 Å². The van der Waals surface area contributed by atoms with E-state index in [0.717, 1.165) is 5.92 Å². The van der Waals surface area contributed by atoms with Gasteiger partial charge in [-0.1, -0.05) is 138 Å². The van der Waals surface area contributed by atoms with Crippen molar-refractivity contribution in [1.29, 1.82) is 0 Å². The molecule has 4 fully saturated rings. The first-order valence-corrected chi connectivity index (χ1v) is 23.7. The van der Waals surface area contributed by atoms with Crippen LogP contribution in [0.3, 0.4) is 0 Å². The van der Waals surface area contributed by atoms with Gasteiger partial charge in [0.15, 0.2) is 0 Å². The van der Waals surface area contributed by atoms with E-state index in [-0.39, 0.29) is 0 Å². The molecule has 4 aliphatic rings. The Labute approximate surface area is 340 Å². The molecular weight excluding hydrogens is 695 g/mol. The molecule has 1 heterocycles. The molecule has 56 heavy (non-hydrogen) atoms. The Kier molecular flexibility index (Phi) is 10.8. The number of hydrogen-bond acceptors (Lipinski definition) is 2. The van der Waals surface area contributed by atoms with E-state index in [1.807, 2.05) is 11.3 Å². The molecule has 0 bridgehead atoms. The van der Waals surface area contributed by atoms with Crippen LogP contribution < -0.4 is 4.90 Å². The van der Waals surface area contributed by atoms with Gasteiger partial charge in [-0.2, -0.15) is 0 Å². The van der Waals surface area contributed by atoms with Gasteiger partial charge in [0.05, 0.1) is 0 Å². The van der Waals surface area contributed by atoms with E-state index in [4.69, 9.17) is 0 Å². The van der Waals surface area contributed by atoms with E-state index in [9.17, 15) is 0 Å². The van der Waals surface area contributed by atoms with Crippen LogP contribution in [0.1, 0.15) is 174 Å². The van der Waals surface area contributed by atoms with Gasteiger partial charge >= 0.3 is 0 Å². The molecule has 10 rings (SSSR count). The second-order valence-electron chi connectivity index (χ2n) is 18.2. The summed E-state index contributed by atoms with van der Waals surface area (Å²) in [7, 11) is 0. The Balaban J connectivity index is 1.08. The molecule has 0 amide bonds. The number of hydrogen-bond donors (Lipinski definition) is 0. The largest absolute Gasteiger partial charge is 0.310 e. The van der Waals surface area contributed by atoms with Crippen molar-refractivity contribution in [2.24, 2.45) is 0 Å². The lowest BCUT2D eigenvalue weighted by molar-refractivity contribution is 0.428. The summed E-state index contributed by atoms with van der Waals surface area (Å²) in [5.41, 5.74) is 13.4. The van der Waals surface area contributed by atoms with Crippen LogP contribution >= 0.6 is 11.3 Å². The molecule has 288 valence electrons. The van der Waals surface area contributed by atoms with Crippen molar-refractivity contribution in [2.45, 2.75) is 152 Å². The summed E-state index contributed by atoms with van der Waals surface area (Å²) in [6.45, 7) is 0. The van der Waals surface area contributed by atoms with Crippen molar-refractivity contribution >= 4 is 48.6 Å². The second kappa shape index (κ2) is 16.5. The monoisotopic (exact) mass is 755 g/mol. The van der Waals surface area contributed by atoms with Crippen LogP contribution in [0.15, 0.2) is 103 Å². The third-order valence-electron chi connectivity index (χ3n) is 14.7. The molecule has 2 heteroatoms. The Bertz CT molecular complexity index is 2200. The van der Waals surface area contributed by atoms with Gasteiger partial charge in [0.1, 0.15) is 0 Å². The first-order valence-electron chi connectivity index (χ1n) is 22.9. The smallest absolute Gasteiger partial charge is 0.0476 e. The van der Waals surface area contributed by atoms with Gasteiger partial charge in [0.25, 0.3) is 0 Å². The zero-order valence-corrected chi connectivity index (χ0v) is 34.4. The molecule has 0 saturated heterocycles. The SMILES string of the molecule is c1ccc2c(c1)sc1cc(N(c3ccc(-c4c(C5CCCCC5)cc(C5CCCCC5)cc4C4CCCCC4)cc3)c3ccc(C4CCCCC4)cc3)ccc12. The van der Waals surface area contributed by atoms with Crippen LogP contribution in [0, 0.1) is 0 Å². The number of thiophene rings is 1. The highest BCUT2D eigenvalue weighted by atomic mass is 32.1. The van der Waals surface area contributed by atoms with Gasteiger partial charge in [-0.25, -0.2) is 0 Å². The van der Waals surface area contributed by atoms with Crippen molar-refractivity contribution in [3.63, 3.8) is 0 Å². The quantitative estimate of drug-likeness (QED) is 0.150. The van der Waals surface area contributed by atoms with Crippen molar-refractivity contribution < 1.29 is 0 Å². The lowest BCUT2D eigenvalue weighted by atomic mass is 9.72. The molecular formula is C54H61NS. The van der Waals surface area contributed by atoms with Crippen molar-refractivity contribution in [1.82, 2.24) is 0 Å². The molecule has 4 saturated carbocycles. The van der Waals surface area contributed by atoms with E-state index in [1.54, 1.807) is 22.3 Å². The Morgan fingerprint density at radius 3 is 1.41 bits per heavy atom. The average Bonchev–Trinajstić information content (AvgIpc) is 3.66. The zero-order valence-electron chi connectivity index (χ0n) is 33.6. The van der Waals surface area contributed by atoms with E-state index in [1.165, 1.54) is 177 Å². The summed E-state index contributed by atoms with van der Waals surface area (Å²) in [5.74, 6) is 2.84. The number of nitrogens with zero attached hydrogens (tertiary/aromatic N) is 1. The predicted molar refractivity (Wildman–Crippen MR) is 243 cm³/mol. The highest BCUT2D eigenvalue weighted by molar-refractivity contribution is 7.25. The summed E-state index contributed by atoms with van der Waals surface area (Å²) < 4.78 is 2.72. The summed E-state index contributed by atoms with van der Waals surface area (Å²) in [6, 6.07) is 41.1. The van der Waals surface area contributed by atoms with Crippen LogP contribution in [0.4, 0.5) is 17.1 Å². The third kappa shape index (κ3) is 7.37. The molecule has 0 N–H and O–H groups in total. The van der Waals surface area contributed by atoms with Crippen molar-refractivity contribution in [2.75, 3.05) is 4.90 Å². The molecule has 5 aromatic carbocycles. The summed E-state index contributed by atoms with van der Waals surface area (Å²) in [5, 5.41) is 2.73. The number of fused-ring (bicyclic) bond motifs is 3. The van der Waals surface area contributed by atoms with Crippen LogP contribution in [0.2, 0.25) is 0 Å². The lowest BCUT2D eigenvalue weighted by Gasteiger charge is -2.33. The van der Waals surface area contributed by atoms with Gasteiger partial charge in [-0.05, 0) is 151 Å².